The van der Waals surface area contributed by atoms with Crippen molar-refractivity contribution in [2.75, 3.05) is 13.2 Å². The Morgan fingerprint density at radius 2 is 1.74 bits per heavy atom. The lowest BCUT2D eigenvalue weighted by molar-refractivity contribution is -0.137. The number of hydrogen-bond acceptors (Lipinski definition) is 6. The number of rotatable bonds is 10. The monoisotopic (exact) mass is 477 g/mol. The SMILES string of the molecule is Cc1oncc1CCNC(=O)C(CCC(=O)O)NC(=O)OCC1c2ccccc2-c2ccccc21. The van der Waals surface area contributed by atoms with Gasteiger partial charge < -0.3 is 25.0 Å². The van der Waals surface area contributed by atoms with E-state index in [0.29, 0.717) is 12.2 Å². The number of fused-ring (bicyclic) bond motifs is 3. The van der Waals surface area contributed by atoms with E-state index in [1.54, 1.807) is 13.1 Å². The third kappa shape index (κ3) is 5.68. The Hall–Kier alpha value is -4.14. The molecule has 35 heavy (non-hydrogen) atoms. The average molecular weight is 478 g/mol. The standard InChI is InChI=1S/C26H27N3O6/c1-16-17(14-28-35-16)12-13-27-25(32)23(10-11-24(30)31)29-26(33)34-15-22-20-8-4-2-6-18(20)19-7-3-5-9-21(19)22/h2-9,14,22-23H,10-13,15H2,1H3,(H,27,32)(H,29,33)(H,30,31). The summed E-state index contributed by atoms with van der Waals surface area (Å²) in [5, 5.41) is 18.0. The van der Waals surface area contributed by atoms with Crippen molar-refractivity contribution in [3.8, 4) is 11.1 Å². The van der Waals surface area contributed by atoms with Crippen molar-refractivity contribution in [1.29, 1.82) is 0 Å². The summed E-state index contributed by atoms with van der Waals surface area (Å²) in [4.78, 5) is 36.3. The summed E-state index contributed by atoms with van der Waals surface area (Å²) >= 11 is 0. The highest BCUT2D eigenvalue weighted by atomic mass is 16.5. The largest absolute Gasteiger partial charge is 0.481 e. The van der Waals surface area contributed by atoms with Crippen LogP contribution >= 0.6 is 0 Å². The van der Waals surface area contributed by atoms with Crippen LogP contribution in [0.1, 0.15) is 41.2 Å². The van der Waals surface area contributed by atoms with Gasteiger partial charge in [0.25, 0.3) is 0 Å². The molecule has 1 aliphatic rings. The lowest BCUT2D eigenvalue weighted by Crippen LogP contribution is -2.47. The molecule has 2 amide bonds. The van der Waals surface area contributed by atoms with Crippen LogP contribution in [0.2, 0.25) is 0 Å². The minimum atomic E-state index is -1.06. The molecule has 0 aliphatic heterocycles. The molecular formula is C26H27N3O6. The molecule has 3 N–H and O–H groups in total. The van der Waals surface area contributed by atoms with Crippen LogP contribution in [-0.2, 0) is 20.7 Å². The van der Waals surface area contributed by atoms with Gasteiger partial charge in [-0.15, -0.1) is 0 Å². The van der Waals surface area contributed by atoms with E-state index in [4.69, 9.17) is 14.4 Å². The number of aryl methyl sites for hydroxylation is 1. The first-order valence-corrected chi connectivity index (χ1v) is 11.4. The fraction of sp³-hybridized carbons (Fsp3) is 0.308. The van der Waals surface area contributed by atoms with Gasteiger partial charge in [0.15, 0.2) is 0 Å². The second kappa shape index (κ2) is 10.9. The predicted octanol–water partition coefficient (Wildman–Crippen LogP) is 3.41. The molecule has 4 rings (SSSR count). The second-order valence-electron chi connectivity index (χ2n) is 8.40. The van der Waals surface area contributed by atoms with Gasteiger partial charge in [-0.3, -0.25) is 9.59 Å². The summed E-state index contributed by atoms with van der Waals surface area (Å²) in [5.74, 6) is -0.990. The van der Waals surface area contributed by atoms with E-state index in [-0.39, 0.29) is 31.9 Å². The third-order valence-electron chi connectivity index (χ3n) is 6.14. The van der Waals surface area contributed by atoms with Crippen LogP contribution in [-0.4, -0.2) is 47.4 Å². The Balaban J connectivity index is 1.36. The van der Waals surface area contributed by atoms with E-state index in [0.717, 1.165) is 27.8 Å². The van der Waals surface area contributed by atoms with Crippen molar-refractivity contribution in [1.82, 2.24) is 15.8 Å². The van der Waals surface area contributed by atoms with Gasteiger partial charge in [0, 0.05) is 24.4 Å². The Morgan fingerprint density at radius 1 is 1.09 bits per heavy atom. The van der Waals surface area contributed by atoms with Crippen LogP contribution in [0.5, 0.6) is 0 Å². The van der Waals surface area contributed by atoms with Gasteiger partial charge in [-0.25, -0.2) is 4.79 Å². The molecule has 182 valence electrons. The number of carboxylic acids is 1. The number of carboxylic acid groups (broad SMARTS) is 1. The molecule has 1 heterocycles. The van der Waals surface area contributed by atoms with Gasteiger partial charge in [0.05, 0.1) is 6.20 Å². The number of aliphatic carboxylic acids is 1. The molecule has 1 atom stereocenters. The fourth-order valence-corrected chi connectivity index (χ4v) is 4.32. The highest BCUT2D eigenvalue weighted by molar-refractivity contribution is 5.86. The van der Waals surface area contributed by atoms with Crippen LogP contribution in [0.3, 0.4) is 0 Å². The summed E-state index contributed by atoms with van der Waals surface area (Å²) in [5.41, 5.74) is 5.23. The number of carbonyl (C=O) groups excluding carboxylic acids is 2. The van der Waals surface area contributed by atoms with Crippen LogP contribution < -0.4 is 10.6 Å². The zero-order chi connectivity index (χ0) is 24.8. The van der Waals surface area contributed by atoms with E-state index < -0.39 is 24.0 Å². The first-order valence-electron chi connectivity index (χ1n) is 11.4. The molecular weight excluding hydrogens is 450 g/mol. The van der Waals surface area contributed by atoms with Gasteiger partial charge in [-0.05, 0) is 42.0 Å². The summed E-state index contributed by atoms with van der Waals surface area (Å²) in [6.07, 6.45) is 0.979. The van der Waals surface area contributed by atoms with Gasteiger partial charge in [0.2, 0.25) is 5.91 Å². The molecule has 1 unspecified atom stereocenters. The molecule has 3 aromatic rings. The second-order valence-corrected chi connectivity index (χ2v) is 8.40. The smallest absolute Gasteiger partial charge is 0.407 e. The van der Waals surface area contributed by atoms with E-state index in [9.17, 15) is 14.4 Å². The Bertz CT molecular complexity index is 1180. The van der Waals surface area contributed by atoms with Crippen molar-refractivity contribution < 1.29 is 28.8 Å². The third-order valence-corrected chi connectivity index (χ3v) is 6.14. The number of carbonyl (C=O) groups is 3. The minimum absolute atomic E-state index is 0.0579. The van der Waals surface area contributed by atoms with Gasteiger partial charge in [0.1, 0.15) is 18.4 Å². The number of nitrogens with zero attached hydrogens (tertiary/aromatic N) is 1. The summed E-state index contributed by atoms with van der Waals surface area (Å²) < 4.78 is 10.5. The summed E-state index contributed by atoms with van der Waals surface area (Å²) in [7, 11) is 0. The van der Waals surface area contributed by atoms with E-state index in [1.807, 2.05) is 48.5 Å². The van der Waals surface area contributed by atoms with Gasteiger partial charge in [-0.2, -0.15) is 0 Å². The maximum Gasteiger partial charge on any atom is 0.407 e. The molecule has 2 aromatic carbocycles. The molecule has 9 nitrogen and oxygen atoms in total. The maximum atomic E-state index is 12.7. The van der Waals surface area contributed by atoms with Crippen LogP contribution in [0.25, 0.3) is 11.1 Å². The molecule has 1 aliphatic carbocycles. The number of alkyl carbamates (subject to hydrolysis) is 1. The topological polar surface area (TPSA) is 131 Å². The van der Waals surface area contributed by atoms with Gasteiger partial charge >= 0.3 is 12.1 Å². The summed E-state index contributed by atoms with van der Waals surface area (Å²) in [6, 6.07) is 14.9. The summed E-state index contributed by atoms with van der Waals surface area (Å²) in [6.45, 7) is 2.16. The quantitative estimate of drug-likeness (QED) is 0.408. The molecule has 0 bridgehead atoms. The highest BCUT2D eigenvalue weighted by Crippen LogP contribution is 2.44. The molecule has 0 saturated carbocycles. The molecule has 0 spiro atoms. The zero-order valence-electron chi connectivity index (χ0n) is 19.3. The first-order chi connectivity index (χ1) is 16.9. The molecule has 0 radical (unpaired) electrons. The molecule has 1 aromatic heterocycles. The Morgan fingerprint density at radius 3 is 2.34 bits per heavy atom. The van der Waals surface area contributed by atoms with E-state index >= 15 is 0 Å². The highest BCUT2D eigenvalue weighted by Gasteiger charge is 2.30. The lowest BCUT2D eigenvalue weighted by Gasteiger charge is -2.19. The Kier molecular flexibility index (Phi) is 7.45. The van der Waals surface area contributed by atoms with Crippen molar-refractivity contribution in [2.45, 2.75) is 38.1 Å². The van der Waals surface area contributed by atoms with Crippen LogP contribution in [0, 0.1) is 6.92 Å². The number of aromatic nitrogens is 1. The Labute approximate surface area is 202 Å². The van der Waals surface area contributed by atoms with Crippen molar-refractivity contribution in [2.24, 2.45) is 0 Å². The number of benzene rings is 2. The van der Waals surface area contributed by atoms with Crippen molar-refractivity contribution in [3.63, 3.8) is 0 Å². The fourth-order valence-electron chi connectivity index (χ4n) is 4.32. The lowest BCUT2D eigenvalue weighted by atomic mass is 9.98. The van der Waals surface area contributed by atoms with Crippen molar-refractivity contribution in [3.05, 3.63) is 77.2 Å². The van der Waals surface area contributed by atoms with Crippen LogP contribution in [0.15, 0.2) is 59.3 Å². The first kappa shape index (κ1) is 24.0. The minimum Gasteiger partial charge on any atom is -0.481 e. The normalized spacial score (nSPS) is 12.9. The maximum absolute atomic E-state index is 12.7. The van der Waals surface area contributed by atoms with E-state index in [2.05, 4.69) is 15.8 Å². The zero-order valence-corrected chi connectivity index (χ0v) is 19.3. The van der Waals surface area contributed by atoms with Crippen molar-refractivity contribution >= 4 is 18.0 Å². The average Bonchev–Trinajstić information content (AvgIpc) is 3.41. The number of ether oxygens (including phenoxy) is 1. The number of amides is 2. The molecule has 0 fully saturated rings. The predicted molar refractivity (Wildman–Crippen MR) is 127 cm³/mol. The number of hydrogen-bond donors (Lipinski definition) is 3. The van der Waals surface area contributed by atoms with E-state index in [1.165, 1.54) is 0 Å². The molecule has 9 heteroatoms. The molecule has 0 saturated heterocycles. The van der Waals surface area contributed by atoms with Gasteiger partial charge in [-0.1, -0.05) is 53.7 Å². The van der Waals surface area contributed by atoms with Crippen LogP contribution in [0.4, 0.5) is 4.79 Å². The number of nitrogens with one attached hydrogen (secondary N) is 2.